The number of hydrogen-bond acceptors (Lipinski definition) is 3. The van der Waals surface area contributed by atoms with Crippen LogP contribution in [0.1, 0.15) is 35.5 Å². The van der Waals surface area contributed by atoms with E-state index < -0.39 is 23.4 Å². The van der Waals surface area contributed by atoms with Crippen molar-refractivity contribution in [2.24, 2.45) is 5.92 Å². The zero-order valence-corrected chi connectivity index (χ0v) is 15.5. The Morgan fingerprint density at radius 3 is 2.56 bits per heavy atom. The predicted molar refractivity (Wildman–Crippen MR) is 96.5 cm³/mol. The van der Waals surface area contributed by atoms with Crippen LogP contribution >= 0.6 is 11.3 Å². The van der Waals surface area contributed by atoms with E-state index in [1.165, 1.54) is 15.9 Å². The second-order valence-corrected chi connectivity index (χ2v) is 7.48. The number of aromatic carboxylic acids is 1. The number of carbonyl (C=O) groups is 1. The summed E-state index contributed by atoms with van der Waals surface area (Å²) >= 11 is 1.30. The van der Waals surface area contributed by atoms with Crippen molar-refractivity contribution in [1.29, 1.82) is 0 Å². The van der Waals surface area contributed by atoms with Crippen LogP contribution in [0.25, 0.3) is 10.6 Å². The molecule has 0 spiro atoms. The van der Waals surface area contributed by atoms with Crippen molar-refractivity contribution in [2.75, 3.05) is 0 Å². The van der Waals surface area contributed by atoms with E-state index in [1.54, 1.807) is 17.8 Å². The van der Waals surface area contributed by atoms with E-state index in [1.807, 2.05) is 13.8 Å². The van der Waals surface area contributed by atoms with Gasteiger partial charge >= 0.3 is 5.97 Å². The molecule has 0 aliphatic heterocycles. The minimum atomic E-state index is -1.57. The summed E-state index contributed by atoms with van der Waals surface area (Å²) < 4.78 is 42.2. The predicted octanol–water partition coefficient (Wildman–Crippen LogP) is 4.97. The first-order valence-electron chi connectivity index (χ1n) is 8.27. The van der Waals surface area contributed by atoms with Crippen molar-refractivity contribution < 1.29 is 23.1 Å². The minimum absolute atomic E-state index is 0.0512. The van der Waals surface area contributed by atoms with Crippen molar-refractivity contribution in [3.63, 3.8) is 0 Å². The fraction of sp³-hybridized carbons (Fsp3) is 0.263. The van der Waals surface area contributed by atoms with E-state index >= 15 is 0 Å². The van der Waals surface area contributed by atoms with Crippen LogP contribution < -0.4 is 0 Å². The van der Waals surface area contributed by atoms with Gasteiger partial charge in [-0.15, -0.1) is 11.3 Å². The van der Waals surface area contributed by atoms with Crippen LogP contribution in [0.2, 0.25) is 0 Å². The molecule has 142 valence electrons. The number of nitrogens with zero attached hydrogens (tertiary/aromatic N) is 2. The van der Waals surface area contributed by atoms with Gasteiger partial charge in [0.25, 0.3) is 0 Å². The Bertz CT molecular complexity index is 982. The van der Waals surface area contributed by atoms with Gasteiger partial charge in [-0.1, -0.05) is 19.9 Å². The molecule has 0 saturated carbocycles. The molecule has 0 aliphatic rings. The van der Waals surface area contributed by atoms with Gasteiger partial charge in [0.1, 0.15) is 10.7 Å². The van der Waals surface area contributed by atoms with E-state index in [0.717, 1.165) is 17.7 Å². The highest BCUT2D eigenvalue weighted by Gasteiger charge is 2.25. The number of aromatic nitrogens is 2. The summed E-state index contributed by atoms with van der Waals surface area (Å²) in [5.41, 5.74) is 1.06. The molecule has 0 bridgehead atoms. The van der Waals surface area contributed by atoms with Crippen LogP contribution in [-0.2, 0) is 13.0 Å². The number of thiazole rings is 1. The summed E-state index contributed by atoms with van der Waals surface area (Å²) in [6.45, 7) is 3.76. The summed E-state index contributed by atoms with van der Waals surface area (Å²) in [7, 11) is 0. The molecule has 0 amide bonds. The number of benzene rings is 1. The summed E-state index contributed by atoms with van der Waals surface area (Å²) in [6, 6.07) is 1.94. The average molecular weight is 394 g/mol. The summed E-state index contributed by atoms with van der Waals surface area (Å²) in [4.78, 5) is 16.2. The fourth-order valence-electron chi connectivity index (χ4n) is 3.02. The standard InChI is InChI=1S/C19H17F3N2O2S/c1-10(2)7-12-9-24(8-11-3-4-13(20)16(22)15(11)21)17(19(25)26)14(12)18-23-5-6-27-18/h3-6,9-10H,7-8H2,1-2H3,(H,25,26). The molecule has 3 aromatic rings. The maximum atomic E-state index is 14.1. The molecule has 0 aliphatic carbocycles. The van der Waals surface area contributed by atoms with Gasteiger partial charge < -0.3 is 9.67 Å². The highest BCUT2D eigenvalue weighted by atomic mass is 32.1. The van der Waals surface area contributed by atoms with Crippen LogP contribution in [0.3, 0.4) is 0 Å². The molecule has 1 aromatic carbocycles. The molecule has 0 saturated heterocycles. The molecular formula is C19H17F3N2O2S. The van der Waals surface area contributed by atoms with Crippen LogP contribution in [-0.4, -0.2) is 20.6 Å². The van der Waals surface area contributed by atoms with Gasteiger partial charge in [0.05, 0.1) is 6.54 Å². The van der Waals surface area contributed by atoms with Crippen LogP contribution in [0.4, 0.5) is 13.2 Å². The van der Waals surface area contributed by atoms with Gasteiger partial charge in [-0.25, -0.2) is 22.9 Å². The molecule has 4 nitrogen and oxygen atoms in total. The molecular weight excluding hydrogens is 377 g/mol. The number of hydrogen-bond donors (Lipinski definition) is 1. The van der Waals surface area contributed by atoms with Gasteiger partial charge in [-0.3, -0.25) is 0 Å². The maximum Gasteiger partial charge on any atom is 0.353 e. The largest absolute Gasteiger partial charge is 0.477 e. The lowest BCUT2D eigenvalue weighted by atomic mass is 10.0. The van der Waals surface area contributed by atoms with Gasteiger partial charge in [0.2, 0.25) is 0 Å². The van der Waals surface area contributed by atoms with Gasteiger partial charge in [-0.2, -0.15) is 0 Å². The summed E-state index contributed by atoms with van der Waals surface area (Å²) in [5, 5.41) is 12.1. The molecule has 2 aromatic heterocycles. The van der Waals surface area contributed by atoms with E-state index in [-0.39, 0.29) is 23.7 Å². The Labute approximate surface area is 157 Å². The normalized spacial score (nSPS) is 11.3. The Hall–Kier alpha value is -2.61. The molecule has 0 fully saturated rings. The van der Waals surface area contributed by atoms with E-state index in [4.69, 9.17) is 0 Å². The van der Waals surface area contributed by atoms with Gasteiger partial charge in [-0.05, 0) is 24.0 Å². The summed E-state index contributed by atoms with van der Waals surface area (Å²) in [6.07, 6.45) is 3.81. The number of carboxylic acid groups (broad SMARTS) is 1. The molecule has 0 radical (unpaired) electrons. The Morgan fingerprint density at radius 2 is 1.96 bits per heavy atom. The SMILES string of the molecule is CC(C)Cc1cn(Cc2ccc(F)c(F)c2F)c(C(=O)O)c1-c1nccs1. The van der Waals surface area contributed by atoms with Crippen molar-refractivity contribution in [3.8, 4) is 10.6 Å². The lowest BCUT2D eigenvalue weighted by Gasteiger charge is -2.09. The van der Waals surface area contributed by atoms with Crippen molar-refractivity contribution >= 4 is 17.3 Å². The zero-order chi connectivity index (χ0) is 19.7. The van der Waals surface area contributed by atoms with Gasteiger partial charge in [0, 0.05) is 28.9 Å². The fourth-order valence-corrected chi connectivity index (χ4v) is 3.74. The molecule has 2 heterocycles. The van der Waals surface area contributed by atoms with E-state index in [0.29, 0.717) is 17.0 Å². The molecule has 8 heteroatoms. The summed E-state index contributed by atoms with van der Waals surface area (Å²) in [5.74, 6) is -5.12. The average Bonchev–Trinajstić information content (AvgIpc) is 3.22. The van der Waals surface area contributed by atoms with Crippen molar-refractivity contribution in [3.05, 3.63) is 64.2 Å². The number of halogens is 3. The maximum absolute atomic E-state index is 14.1. The topological polar surface area (TPSA) is 55.1 Å². The van der Waals surface area contributed by atoms with Crippen LogP contribution in [0, 0.1) is 23.4 Å². The quantitative estimate of drug-likeness (QED) is 0.601. The molecule has 3 rings (SSSR count). The second-order valence-electron chi connectivity index (χ2n) is 6.58. The Kier molecular flexibility index (Phi) is 5.36. The number of rotatable bonds is 6. The lowest BCUT2D eigenvalue weighted by Crippen LogP contribution is -2.11. The third kappa shape index (κ3) is 3.75. The molecule has 0 atom stereocenters. The van der Waals surface area contributed by atoms with Crippen molar-refractivity contribution in [1.82, 2.24) is 9.55 Å². The third-order valence-electron chi connectivity index (χ3n) is 4.09. The third-order valence-corrected chi connectivity index (χ3v) is 4.88. The highest BCUT2D eigenvalue weighted by Crippen LogP contribution is 2.33. The van der Waals surface area contributed by atoms with Gasteiger partial charge in [0.15, 0.2) is 17.5 Å². The monoisotopic (exact) mass is 394 g/mol. The highest BCUT2D eigenvalue weighted by molar-refractivity contribution is 7.13. The Morgan fingerprint density at radius 1 is 1.22 bits per heavy atom. The number of carboxylic acids is 1. The second kappa shape index (κ2) is 7.56. The van der Waals surface area contributed by atoms with E-state index in [2.05, 4.69) is 4.98 Å². The van der Waals surface area contributed by atoms with E-state index in [9.17, 15) is 23.1 Å². The smallest absolute Gasteiger partial charge is 0.353 e. The first-order chi connectivity index (χ1) is 12.8. The molecule has 27 heavy (non-hydrogen) atoms. The first-order valence-corrected chi connectivity index (χ1v) is 9.15. The minimum Gasteiger partial charge on any atom is -0.477 e. The lowest BCUT2D eigenvalue weighted by molar-refractivity contribution is 0.0686. The Balaban J connectivity index is 2.16. The molecule has 1 N–H and O–H groups in total. The molecule has 0 unspecified atom stereocenters. The first kappa shape index (κ1) is 19.2. The van der Waals surface area contributed by atoms with Crippen LogP contribution in [0.5, 0.6) is 0 Å². The zero-order valence-electron chi connectivity index (χ0n) is 14.7. The van der Waals surface area contributed by atoms with Crippen LogP contribution in [0.15, 0.2) is 29.9 Å². The van der Waals surface area contributed by atoms with Crippen molar-refractivity contribution in [2.45, 2.75) is 26.8 Å².